The summed E-state index contributed by atoms with van der Waals surface area (Å²) in [6.45, 7) is 8.92. The maximum absolute atomic E-state index is 12.6. The molecule has 2 aromatic rings. The minimum atomic E-state index is -1.10. The molecule has 1 aliphatic heterocycles. The Bertz CT molecular complexity index is 856. The fourth-order valence-electron chi connectivity index (χ4n) is 3.14. The van der Waals surface area contributed by atoms with E-state index in [1.54, 1.807) is 12.1 Å². The molecule has 9 heteroatoms. The summed E-state index contributed by atoms with van der Waals surface area (Å²) in [6, 6.07) is 5.38. The average Bonchev–Trinajstić information content (AvgIpc) is 3.24. The van der Waals surface area contributed by atoms with Crippen LogP contribution in [-0.2, 0) is 11.3 Å². The van der Waals surface area contributed by atoms with Crippen molar-refractivity contribution in [3.63, 3.8) is 0 Å². The van der Waals surface area contributed by atoms with Gasteiger partial charge in [-0.15, -0.1) is 0 Å². The zero-order valence-corrected chi connectivity index (χ0v) is 16.7. The van der Waals surface area contributed by atoms with Gasteiger partial charge in [0.2, 0.25) is 0 Å². The lowest BCUT2D eigenvalue weighted by atomic mass is 10.1. The van der Waals surface area contributed by atoms with Crippen LogP contribution in [0, 0.1) is 0 Å². The molecule has 0 unspecified atom stereocenters. The molecule has 0 saturated carbocycles. The first-order valence-corrected chi connectivity index (χ1v) is 9.70. The highest BCUT2D eigenvalue weighted by molar-refractivity contribution is 6.06. The van der Waals surface area contributed by atoms with Crippen molar-refractivity contribution in [3.8, 4) is 0 Å². The van der Waals surface area contributed by atoms with E-state index in [2.05, 4.69) is 29.0 Å². The Morgan fingerprint density at radius 3 is 2.62 bits per heavy atom. The molecule has 1 aliphatic rings. The van der Waals surface area contributed by atoms with Gasteiger partial charge in [-0.2, -0.15) is 4.98 Å². The highest BCUT2D eigenvalue weighted by Gasteiger charge is 2.21. The van der Waals surface area contributed by atoms with Crippen LogP contribution in [0.25, 0.3) is 0 Å². The van der Waals surface area contributed by atoms with Gasteiger partial charge in [-0.3, -0.25) is 9.69 Å². The number of carboxylic acids is 1. The number of amides is 1. The molecule has 0 spiro atoms. The average molecular weight is 402 g/mol. The van der Waals surface area contributed by atoms with Crippen LogP contribution in [0.15, 0.2) is 28.9 Å². The van der Waals surface area contributed by atoms with Gasteiger partial charge in [-0.25, -0.2) is 4.79 Å². The number of carbonyl (C=O) groups is 2. The molecule has 3 rings (SSSR count). The summed E-state index contributed by atoms with van der Waals surface area (Å²) in [5.74, 6) is -1.62. The quantitative estimate of drug-likeness (QED) is 0.692. The van der Waals surface area contributed by atoms with Crippen LogP contribution in [-0.4, -0.2) is 66.3 Å². The van der Waals surface area contributed by atoms with E-state index in [1.165, 1.54) is 6.26 Å². The largest absolute Gasteiger partial charge is 0.478 e. The second kappa shape index (κ2) is 9.53. The van der Waals surface area contributed by atoms with E-state index in [1.807, 2.05) is 11.0 Å². The molecule has 156 valence electrons. The van der Waals surface area contributed by atoms with E-state index in [-0.39, 0.29) is 16.9 Å². The van der Waals surface area contributed by atoms with Crippen LogP contribution in [0.4, 0.5) is 11.7 Å². The van der Waals surface area contributed by atoms with E-state index in [0.29, 0.717) is 38.9 Å². The smallest absolute Gasteiger partial charge is 0.337 e. The summed E-state index contributed by atoms with van der Waals surface area (Å²) >= 11 is 0. The van der Waals surface area contributed by atoms with Crippen molar-refractivity contribution in [2.24, 2.45) is 0 Å². The zero-order valence-electron chi connectivity index (χ0n) is 16.7. The second-order valence-corrected chi connectivity index (χ2v) is 6.72. The number of benzene rings is 1. The van der Waals surface area contributed by atoms with E-state index >= 15 is 0 Å². The predicted octanol–water partition coefficient (Wildman–Crippen LogP) is 2.30. The number of morpholine rings is 1. The van der Waals surface area contributed by atoms with Gasteiger partial charge in [0.05, 0.1) is 24.5 Å². The van der Waals surface area contributed by atoms with E-state index in [9.17, 15) is 14.7 Å². The van der Waals surface area contributed by atoms with Gasteiger partial charge in [0.15, 0.2) is 5.69 Å². The molecule has 0 radical (unpaired) electrons. The van der Waals surface area contributed by atoms with E-state index in [0.717, 1.165) is 18.7 Å². The summed E-state index contributed by atoms with van der Waals surface area (Å²) < 4.78 is 10.7. The summed E-state index contributed by atoms with van der Waals surface area (Å²) in [5.41, 5.74) is 1.23. The molecule has 2 heterocycles. The number of ether oxygens (including phenoxy) is 1. The minimum absolute atomic E-state index is 0.0416. The highest BCUT2D eigenvalue weighted by atomic mass is 16.5. The summed E-state index contributed by atoms with van der Waals surface area (Å²) in [7, 11) is 0. The number of rotatable bonds is 8. The third-order valence-corrected chi connectivity index (χ3v) is 4.87. The Kier molecular flexibility index (Phi) is 6.84. The molecular formula is C20H26N4O5. The maximum Gasteiger partial charge on any atom is 0.337 e. The maximum atomic E-state index is 12.6. The van der Waals surface area contributed by atoms with Crippen molar-refractivity contribution in [2.45, 2.75) is 20.4 Å². The van der Waals surface area contributed by atoms with Crippen LogP contribution in [0.3, 0.4) is 0 Å². The van der Waals surface area contributed by atoms with Gasteiger partial charge < -0.3 is 24.5 Å². The number of nitrogens with one attached hydrogen (secondary N) is 1. The monoisotopic (exact) mass is 402 g/mol. The number of hydrogen-bond acceptors (Lipinski definition) is 7. The van der Waals surface area contributed by atoms with Crippen molar-refractivity contribution in [1.29, 1.82) is 0 Å². The first kappa shape index (κ1) is 20.8. The van der Waals surface area contributed by atoms with Crippen LogP contribution in [0.1, 0.15) is 40.3 Å². The fraction of sp³-hybridized carbons (Fsp3) is 0.450. The molecule has 1 saturated heterocycles. The summed E-state index contributed by atoms with van der Waals surface area (Å²) in [6.07, 6.45) is 1.27. The molecule has 0 aliphatic carbocycles. The summed E-state index contributed by atoms with van der Waals surface area (Å²) in [5, 5.41) is 12.2. The van der Waals surface area contributed by atoms with Crippen LogP contribution in [0.2, 0.25) is 0 Å². The Morgan fingerprint density at radius 1 is 1.24 bits per heavy atom. The number of aromatic carboxylic acids is 1. The lowest BCUT2D eigenvalue weighted by Crippen LogP contribution is -2.36. The van der Waals surface area contributed by atoms with Crippen molar-refractivity contribution in [1.82, 2.24) is 9.88 Å². The second-order valence-electron chi connectivity index (χ2n) is 6.72. The van der Waals surface area contributed by atoms with Crippen LogP contribution in [0.5, 0.6) is 0 Å². The van der Waals surface area contributed by atoms with Gasteiger partial charge in [-0.05, 0) is 30.8 Å². The van der Waals surface area contributed by atoms with E-state index < -0.39 is 11.9 Å². The number of carboxylic acid groups (broad SMARTS) is 1. The SMILES string of the molecule is CCN(CC)Cc1ccc(NC(=O)c2coc(N3CCOCC3)n2)c(C(=O)O)c1. The van der Waals surface area contributed by atoms with Gasteiger partial charge in [-0.1, -0.05) is 19.9 Å². The molecule has 1 aromatic heterocycles. The Balaban J connectivity index is 1.74. The summed E-state index contributed by atoms with van der Waals surface area (Å²) in [4.78, 5) is 32.6. The molecule has 0 atom stereocenters. The standard InChI is InChI=1S/C20H26N4O5/c1-3-23(4-2)12-14-5-6-16(15(11-14)19(26)27)21-18(25)17-13-29-20(22-17)24-7-9-28-10-8-24/h5-6,11,13H,3-4,7-10,12H2,1-2H3,(H,21,25)(H,26,27). The first-order chi connectivity index (χ1) is 14.0. The fourth-order valence-corrected chi connectivity index (χ4v) is 3.14. The van der Waals surface area contributed by atoms with E-state index in [4.69, 9.17) is 9.15 Å². The number of anilines is 2. The molecule has 29 heavy (non-hydrogen) atoms. The van der Waals surface area contributed by atoms with Crippen molar-refractivity contribution in [3.05, 3.63) is 41.3 Å². The number of carbonyl (C=O) groups excluding carboxylic acids is 1. The third kappa shape index (κ3) is 5.12. The van der Waals surface area contributed by atoms with Gasteiger partial charge >= 0.3 is 5.97 Å². The Labute approximate surface area is 169 Å². The first-order valence-electron chi connectivity index (χ1n) is 9.70. The van der Waals surface area contributed by atoms with Crippen molar-refractivity contribution in [2.75, 3.05) is 49.6 Å². The lowest BCUT2D eigenvalue weighted by Gasteiger charge is -2.24. The van der Waals surface area contributed by atoms with Gasteiger partial charge in [0.25, 0.3) is 11.9 Å². The highest BCUT2D eigenvalue weighted by Crippen LogP contribution is 2.21. The number of oxazole rings is 1. The molecule has 1 aromatic carbocycles. The number of nitrogens with zero attached hydrogens (tertiary/aromatic N) is 3. The molecule has 0 bridgehead atoms. The predicted molar refractivity (Wildman–Crippen MR) is 108 cm³/mol. The van der Waals surface area contributed by atoms with Gasteiger partial charge in [0.1, 0.15) is 6.26 Å². The topological polar surface area (TPSA) is 108 Å². The van der Waals surface area contributed by atoms with Crippen LogP contribution < -0.4 is 10.2 Å². The molecule has 1 fully saturated rings. The van der Waals surface area contributed by atoms with Crippen molar-refractivity contribution < 1.29 is 23.8 Å². The minimum Gasteiger partial charge on any atom is -0.478 e. The van der Waals surface area contributed by atoms with Crippen LogP contribution >= 0.6 is 0 Å². The normalized spacial score (nSPS) is 14.2. The Hall–Kier alpha value is -2.91. The molecule has 2 N–H and O–H groups in total. The third-order valence-electron chi connectivity index (χ3n) is 4.87. The van der Waals surface area contributed by atoms with Gasteiger partial charge in [0, 0.05) is 19.6 Å². The number of aromatic nitrogens is 1. The molecule has 9 nitrogen and oxygen atoms in total. The lowest BCUT2D eigenvalue weighted by molar-refractivity contribution is 0.0698. The van der Waals surface area contributed by atoms with Crippen molar-refractivity contribution >= 4 is 23.6 Å². The number of hydrogen-bond donors (Lipinski definition) is 2. The zero-order chi connectivity index (χ0) is 20.8. The Morgan fingerprint density at radius 2 is 1.97 bits per heavy atom. The molecular weight excluding hydrogens is 376 g/mol. The molecule has 1 amide bonds.